The smallest absolute Gasteiger partial charge is 0.189 e. The number of rotatable bonds is 5. The summed E-state index contributed by atoms with van der Waals surface area (Å²) in [6.07, 6.45) is 3.34. The molecule has 1 aliphatic carbocycles. The van der Waals surface area contributed by atoms with Crippen LogP contribution in [0.5, 0.6) is 0 Å². The fraction of sp³-hybridized carbons (Fsp3) is 0.533. The minimum absolute atomic E-state index is 0.403. The second-order valence-electron chi connectivity index (χ2n) is 5.22. The van der Waals surface area contributed by atoms with Gasteiger partial charge in [-0.15, -0.1) is 0 Å². The fourth-order valence-electron chi connectivity index (χ4n) is 2.10. The monoisotopic (exact) mass is 245 g/mol. The summed E-state index contributed by atoms with van der Waals surface area (Å²) in [4.78, 5) is 4.54. The van der Waals surface area contributed by atoms with Crippen LogP contribution in [0.4, 0.5) is 0 Å². The first-order valence-electron chi connectivity index (χ1n) is 6.82. The van der Waals surface area contributed by atoms with E-state index in [1.165, 1.54) is 5.56 Å². The van der Waals surface area contributed by atoms with Crippen LogP contribution >= 0.6 is 0 Å². The van der Waals surface area contributed by atoms with E-state index >= 15 is 0 Å². The van der Waals surface area contributed by atoms with Crippen molar-refractivity contribution in [2.45, 2.75) is 45.2 Å². The van der Waals surface area contributed by atoms with Crippen LogP contribution in [0.1, 0.15) is 32.3 Å². The van der Waals surface area contributed by atoms with Crippen molar-refractivity contribution < 1.29 is 0 Å². The molecule has 3 N–H and O–H groups in total. The molecule has 3 atom stereocenters. The Bertz CT molecular complexity index is 399. The van der Waals surface area contributed by atoms with Crippen LogP contribution in [0, 0.1) is 5.92 Å². The Morgan fingerprint density at radius 1 is 1.44 bits per heavy atom. The lowest BCUT2D eigenvalue weighted by molar-refractivity contribution is 0.635. The van der Waals surface area contributed by atoms with Gasteiger partial charge < -0.3 is 11.1 Å². The number of hydrogen-bond donors (Lipinski definition) is 2. The van der Waals surface area contributed by atoms with Gasteiger partial charge in [0.05, 0.1) is 6.04 Å². The van der Waals surface area contributed by atoms with Gasteiger partial charge in [-0.25, -0.2) is 4.99 Å². The van der Waals surface area contributed by atoms with Crippen molar-refractivity contribution in [3.63, 3.8) is 0 Å². The number of aliphatic imine (C=N–C) groups is 1. The van der Waals surface area contributed by atoms with Crippen LogP contribution in [0.25, 0.3) is 0 Å². The third-order valence-corrected chi connectivity index (χ3v) is 3.54. The average Bonchev–Trinajstić information content (AvgIpc) is 3.07. The van der Waals surface area contributed by atoms with Crippen molar-refractivity contribution in [2.75, 3.05) is 0 Å². The quantitative estimate of drug-likeness (QED) is 0.618. The van der Waals surface area contributed by atoms with Crippen molar-refractivity contribution in [3.05, 3.63) is 35.9 Å². The number of hydrogen-bond acceptors (Lipinski definition) is 1. The van der Waals surface area contributed by atoms with E-state index in [0.717, 1.165) is 19.3 Å². The Kier molecular flexibility index (Phi) is 4.24. The minimum Gasteiger partial charge on any atom is -0.370 e. The molecule has 1 aromatic rings. The minimum atomic E-state index is 0.403. The maximum Gasteiger partial charge on any atom is 0.189 e. The highest BCUT2D eigenvalue weighted by Crippen LogP contribution is 2.36. The molecule has 1 saturated carbocycles. The fourth-order valence-corrected chi connectivity index (χ4v) is 2.10. The molecule has 0 spiro atoms. The molecule has 3 nitrogen and oxygen atoms in total. The standard InChI is InChI=1S/C15H23N3/c1-3-11(2)17-15(16)18-14-10-13(14)9-12-7-5-4-6-8-12/h4-8,11,13-14H,3,9-10H2,1-2H3,(H3,16,17,18). The van der Waals surface area contributed by atoms with E-state index in [2.05, 4.69) is 54.5 Å². The highest BCUT2D eigenvalue weighted by Gasteiger charge is 2.37. The molecule has 0 bridgehead atoms. The topological polar surface area (TPSA) is 50.4 Å². The van der Waals surface area contributed by atoms with E-state index in [1.807, 2.05) is 0 Å². The third kappa shape index (κ3) is 3.76. The summed E-state index contributed by atoms with van der Waals surface area (Å²) >= 11 is 0. The van der Waals surface area contributed by atoms with Gasteiger partial charge in [-0.2, -0.15) is 0 Å². The maximum atomic E-state index is 5.89. The summed E-state index contributed by atoms with van der Waals surface area (Å²) in [5.74, 6) is 1.27. The summed E-state index contributed by atoms with van der Waals surface area (Å²) < 4.78 is 0. The first kappa shape index (κ1) is 12.9. The molecule has 1 aliphatic rings. The molecule has 18 heavy (non-hydrogen) atoms. The van der Waals surface area contributed by atoms with Gasteiger partial charge in [0, 0.05) is 6.04 Å². The van der Waals surface area contributed by atoms with E-state index in [4.69, 9.17) is 5.73 Å². The lowest BCUT2D eigenvalue weighted by Gasteiger charge is -2.11. The van der Waals surface area contributed by atoms with Crippen molar-refractivity contribution in [1.29, 1.82) is 0 Å². The summed E-state index contributed by atoms with van der Waals surface area (Å²) in [7, 11) is 0. The average molecular weight is 245 g/mol. The molecule has 1 aromatic carbocycles. The van der Waals surface area contributed by atoms with E-state index in [1.54, 1.807) is 0 Å². The molecule has 0 radical (unpaired) electrons. The predicted molar refractivity (Wildman–Crippen MR) is 76.6 cm³/mol. The summed E-state index contributed by atoms with van der Waals surface area (Å²) in [6, 6.07) is 11.4. The van der Waals surface area contributed by atoms with Crippen LogP contribution < -0.4 is 11.1 Å². The molecule has 0 aromatic heterocycles. The SMILES string of the molecule is CCC(C)NC(N)=NC1CC1Cc1ccccc1. The normalized spacial score (nSPS) is 24.7. The zero-order valence-electron chi connectivity index (χ0n) is 11.3. The van der Waals surface area contributed by atoms with Gasteiger partial charge in [-0.1, -0.05) is 37.3 Å². The van der Waals surface area contributed by atoms with Gasteiger partial charge >= 0.3 is 0 Å². The Morgan fingerprint density at radius 2 is 2.17 bits per heavy atom. The predicted octanol–water partition coefficient (Wildman–Crippen LogP) is 2.32. The first-order chi connectivity index (χ1) is 8.69. The van der Waals surface area contributed by atoms with Crippen molar-refractivity contribution in [3.8, 4) is 0 Å². The summed E-state index contributed by atoms with van der Waals surface area (Å²) in [6.45, 7) is 4.26. The van der Waals surface area contributed by atoms with Gasteiger partial charge in [0.15, 0.2) is 5.96 Å². The number of benzene rings is 1. The highest BCUT2D eigenvalue weighted by molar-refractivity contribution is 5.78. The highest BCUT2D eigenvalue weighted by atomic mass is 15.1. The zero-order valence-corrected chi connectivity index (χ0v) is 11.3. The molecule has 0 heterocycles. The van der Waals surface area contributed by atoms with Crippen molar-refractivity contribution >= 4 is 5.96 Å². The number of nitrogens with two attached hydrogens (primary N) is 1. The van der Waals surface area contributed by atoms with Crippen LogP contribution in [0.2, 0.25) is 0 Å². The number of guanidine groups is 1. The Balaban J connectivity index is 1.79. The molecule has 98 valence electrons. The summed E-state index contributed by atoms with van der Waals surface area (Å²) in [5, 5.41) is 3.21. The Morgan fingerprint density at radius 3 is 2.83 bits per heavy atom. The number of nitrogens with zero attached hydrogens (tertiary/aromatic N) is 1. The maximum absolute atomic E-state index is 5.89. The second kappa shape index (κ2) is 5.89. The Labute approximate surface area is 109 Å². The van der Waals surface area contributed by atoms with Crippen molar-refractivity contribution in [2.24, 2.45) is 16.6 Å². The lowest BCUT2D eigenvalue weighted by Crippen LogP contribution is -2.38. The largest absolute Gasteiger partial charge is 0.370 e. The van der Waals surface area contributed by atoms with E-state index in [0.29, 0.717) is 24.0 Å². The Hall–Kier alpha value is -1.51. The summed E-state index contributed by atoms with van der Waals surface area (Å²) in [5.41, 5.74) is 7.28. The first-order valence-corrected chi connectivity index (χ1v) is 6.82. The van der Waals surface area contributed by atoms with E-state index in [-0.39, 0.29) is 0 Å². The van der Waals surface area contributed by atoms with Crippen LogP contribution in [-0.2, 0) is 6.42 Å². The van der Waals surface area contributed by atoms with Gasteiger partial charge in [0.1, 0.15) is 0 Å². The van der Waals surface area contributed by atoms with Gasteiger partial charge in [0.25, 0.3) is 0 Å². The van der Waals surface area contributed by atoms with Gasteiger partial charge in [-0.3, -0.25) is 0 Å². The number of nitrogens with one attached hydrogen (secondary N) is 1. The molecular formula is C15H23N3. The molecule has 0 amide bonds. The molecule has 0 saturated heterocycles. The van der Waals surface area contributed by atoms with Crippen molar-refractivity contribution in [1.82, 2.24) is 5.32 Å². The molecule has 3 unspecified atom stereocenters. The zero-order chi connectivity index (χ0) is 13.0. The second-order valence-corrected chi connectivity index (χ2v) is 5.22. The van der Waals surface area contributed by atoms with E-state index < -0.39 is 0 Å². The third-order valence-electron chi connectivity index (χ3n) is 3.54. The van der Waals surface area contributed by atoms with Crippen LogP contribution in [-0.4, -0.2) is 18.0 Å². The molecule has 1 fully saturated rings. The van der Waals surface area contributed by atoms with Gasteiger partial charge in [0.2, 0.25) is 0 Å². The molecular weight excluding hydrogens is 222 g/mol. The molecule has 2 rings (SSSR count). The van der Waals surface area contributed by atoms with Crippen LogP contribution in [0.3, 0.4) is 0 Å². The van der Waals surface area contributed by atoms with Crippen LogP contribution in [0.15, 0.2) is 35.3 Å². The lowest BCUT2D eigenvalue weighted by atomic mass is 10.1. The van der Waals surface area contributed by atoms with Gasteiger partial charge in [-0.05, 0) is 37.7 Å². The molecule has 3 heteroatoms. The molecule has 0 aliphatic heterocycles. The van der Waals surface area contributed by atoms with E-state index in [9.17, 15) is 0 Å².